The predicted octanol–water partition coefficient (Wildman–Crippen LogP) is 0.726. The summed E-state index contributed by atoms with van der Waals surface area (Å²) in [7, 11) is 1.71. The maximum atomic E-state index is 9.82. The van der Waals surface area contributed by atoms with Crippen LogP contribution in [0.3, 0.4) is 0 Å². The van der Waals surface area contributed by atoms with Gasteiger partial charge in [0.1, 0.15) is 0 Å². The van der Waals surface area contributed by atoms with Crippen molar-refractivity contribution in [2.75, 3.05) is 33.4 Å². The Kier molecular flexibility index (Phi) is 3.71. The molecule has 78 valence electrons. The zero-order chi connectivity index (χ0) is 9.90. The summed E-state index contributed by atoms with van der Waals surface area (Å²) >= 11 is 0. The molecule has 0 aliphatic carbocycles. The third kappa shape index (κ3) is 2.93. The zero-order valence-electron chi connectivity index (χ0n) is 8.92. The van der Waals surface area contributed by atoms with Gasteiger partial charge in [0, 0.05) is 20.2 Å². The number of nitrogens with zero attached hydrogens (tertiary/aromatic N) is 1. The lowest BCUT2D eigenvalue weighted by Crippen LogP contribution is -2.48. The van der Waals surface area contributed by atoms with Gasteiger partial charge in [-0.15, -0.1) is 0 Å². The van der Waals surface area contributed by atoms with E-state index in [1.165, 1.54) is 0 Å². The minimum Gasteiger partial charge on any atom is -0.391 e. The van der Waals surface area contributed by atoms with Crippen molar-refractivity contribution >= 4 is 0 Å². The molecule has 1 aliphatic heterocycles. The number of piperidine rings is 1. The van der Waals surface area contributed by atoms with Crippen LogP contribution in [-0.2, 0) is 4.74 Å². The second-order valence-electron chi connectivity index (χ2n) is 4.55. The van der Waals surface area contributed by atoms with Gasteiger partial charge < -0.3 is 9.84 Å². The van der Waals surface area contributed by atoms with Crippen LogP contribution in [0, 0.1) is 5.41 Å². The van der Waals surface area contributed by atoms with Crippen LogP contribution in [0.25, 0.3) is 0 Å². The Bertz CT molecular complexity index is 159. The topological polar surface area (TPSA) is 32.7 Å². The van der Waals surface area contributed by atoms with E-state index >= 15 is 0 Å². The van der Waals surface area contributed by atoms with Gasteiger partial charge >= 0.3 is 0 Å². The molecule has 1 heterocycles. The van der Waals surface area contributed by atoms with E-state index < -0.39 is 0 Å². The average Bonchev–Trinajstić information content (AvgIpc) is 2.07. The summed E-state index contributed by atoms with van der Waals surface area (Å²) in [5, 5.41) is 9.82. The number of β-amino-alcohol motifs (C(OH)–C–C–N with tert-alkyl or cyclic N) is 1. The van der Waals surface area contributed by atoms with E-state index in [-0.39, 0.29) is 11.5 Å². The molecule has 0 aromatic heterocycles. The molecule has 0 aromatic rings. The lowest BCUT2D eigenvalue weighted by molar-refractivity contribution is -0.0304. The van der Waals surface area contributed by atoms with Gasteiger partial charge in [-0.3, -0.25) is 4.90 Å². The van der Waals surface area contributed by atoms with E-state index in [9.17, 15) is 5.11 Å². The number of aliphatic hydroxyl groups is 1. The van der Waals surface area contributed by atoms with Crippen molar-refractivity contribution in [2.45, 2.75) is 26.4 Å². The Labute approximate surface area is 80.7 Å². The van der Waals surface area contributed by atoms with Crippen LogP contribution in [0.15, 0.2) is 0 Å². The Hall–Kier alpha value is -0.120. The van der Waals surface area contributed by atoms with Crippen molar-refractivity contribution in [2.24, 2.45) is 5.41 Å². The van der Waals surface area contributed by atoms with Crippen molar-refractivity contribution in [3.63, 3.8) is 0 Å². The number of ether oxygens (including phenoxy) is 1. The third-order valence-electron chi connectivity index (χ3n) is 3.02. The monoisotopic (exact) mass is 187 g/mol. The van der Waals surface area contributed by atoms with E-state index in [1.54, 1.807) is 7.11 Å². The first-order chi connectivity index (χ1) is 6.06. The number of aliphatic hydroxyl groups excluding tert-OH is 1. The molecule has 1 saturated heterocycles. The molecule has 1 rings (SSSR count). The van der Waals surface area contributed by atoms with E-state index in [0.717, 1.165) is 32.7 Å². The number of methoxy groups -OCH3 is 1. The SMILES string of the molecule is COCCN1CCC(C)(C)C(O)C1. The van der Waals surface area contributed by atoms with Gasteiger partial charge in [0.15, 0.2) is 0 Å². The fraction of sp³-hybridized carbons (Fsp3) is 1.00. The molecule has 0 bridgehead atoms. The molecule has 0 radical (unpaired) electrons. The largest absolute Gasteiger partial charge is 0.391 e. The van der Waals surface area contributed by atoms with E-state index in [0.29, 0.717) is 0 Å². The molecule has 1 aliphatic rings. The predicted molar refractivity (Wildman–Crippen MR) is 52.7 cm³/mol. The molecule has 0 amide bonds. The smallest absolute Gasteiger partial charge is 0.0718 e. The number of hydrogen-bond acceptors (Lipinski definition) is 3. The van der Waals surface area contributed by atoms with Gasteiger partial charge in [0.05, 0.1) is 12.7 Å². The van der Waals surface area contributed by atoms with E-state index in [1.807, 2.05) is 0 Å². The Morgan fingerprint density at radius 1 is 1.54 bits per heavy atom. The summed E-state index contributed by atoms with van der Waals surface area (Å²) in [4.78, 5) is 2.26. The third-order valence-corrected chi connectivity index (χ3v) is 3.02. The highest BCUT2D eigenvalue weighted by molar-refractivity contribution is 4.86. The average molecular weight is 187 g/mol. The van der Waals surface area contributed by atoms with Gasteiger partial charge in [-0.1, -0.05) is 13.8 Å². The van der Waals surface area contributed by atoms with Crippen LogP contribution in [0.5, 0.6) is 0 Å². The quantitative estimate of drug-likeness (QED) is 0.707. The van der Waals surface area contributed by atoms with Crippen LogP contribution in [0.1, 0.15) is 20.3 Å². The minimum atomic E-state index is -0.196. The molecule has 13 heavy (non-hydrogen) atoms. The van der Waals surface area contributed by atoms with Gasteiger partial charge in [0.25, 0.3) is 0 Å². The molecule has 0 spiro atoms. The molecular weight excluding hydrogens is 166 g/mol. The van der Waals surface area contributed by atoms with Crippen LogP contribution in [0.4, 0.5) is 0 Å². The Balaban J connectivity index is 2.33. The highest BCUT2D eigenvalue weighted by atomic mass is 16.5. The van der Waals surface area contributed by atoms with Crippen LogP contribution in [-0.4, -0.2) is 49.5 Å². The first kappa shape index (κ1) is 11.0. The highest BCUT2D eigenvalue weighted by Gasteiger charge is 2.33. The maximum Gasteiger partial charge on any atom is 0.0718 e. The molecule has 3 nitrogen and oxygen atoms in total. The lowest BCUT2D eigenvalue weighted by atomic mass is 9.80. The number of rotatable bonds is 3. The van der Waals surface area contributed by atoms with Crippen molar-refractivity contribution < 1.29 is 9.84 Å². The summed E-state index contributed by atoms with van der Waals surface area (Å²) in [6.07, 6.45) is 0.871. The molecule has 1 fully saturated rings. The highest BCUT2D eigenvalue weighted by Crippen LogP contribution is 2.29. The summed E-state index contributed by atoms with van der Waals surface area (Å²) in [5.41, 5.74) is 0.0869. The van der Waals surface area contributed by atoms with Crippen molar-refractivity contribution in [3.05, 3.63) is 0 Å². The second kappa shape index (κ2) is 4.40. The van der Waals surface area contributed by atoms with Gasteiger partial charge in [0.2, 0.25) is 0 Å². The van der Waals surface area contributed by atoms with Gasteiger partial charge in [-0.25, -0.2) is 0 Å². The van der Waals surface area contributed by atoms with Crippen LogP contribution < -0.4 is 0 Å². The molecular formula is C10H21NO2. The summed E-state index contributed by atoms with van der Waals surface area (Å²) in [6.45, 7) is 7.82. The van der Waals surface area contributed by atoms with Crippen molar-refractivity contribution in [1.82, 2.24) is 4.90 Å². The van der Waals surface area contributed by atoms with Crippen molar-refractivity contribution in [1.29, 1.82) is 0 Å². The Morgan fingerprint density at radius 2 is 2.23 bits per heavy atom. The maximum absolute atomic E-state index is 9.82. The summed E-state index contributed by atoms with van der Waals surface area (Å²) in [5.74, 6) is 0. The van der Waals surface area contributed by atoms with Crippen LogP contribution in [0.2, 0.25) is 0 Å². The lowest BCUT2D eigenvalue weighted by Gasteiger charge is -2.41. The minimum absolute atomic E-state index is 0.0869. The van der Waals surface area contributed by atoms with Crippen LogP contribution >= 0.6 is 0 Å². The number of hydrogen-bond donors (Lipinski definition) is 1. The molecule has 0 saturated carbocycles. The second-order valence-corrected chi connectivity index (χ2v) is 4.55. The first-order valence-electron chi connectivity index (χ1n) is 4.95. The number of likely N-dealkylation sites (tertiary alicyclic amines) is 1. The molecule has 3 heteroatoms. The van der Waals surface area contributed by atoms with Gasteiger partial charge in [-0.05, 0) is 18.4 Å². The molecule has 1 atom stereocenters. The first-order valence-corrected chi connectivity index (χ1v) is 4.95. The summed E-state index contributed by atoms with van der Waals surface area (Å²) in [6, 6.07) is 0. The Morgan fingerprint density at radius 3 is 2.77 bits per heavy atom. The summed E-state index contributed by atoms with van der Waals surface area (Å²) < 4.78 is 5.01. The molecule has 0 aromatic carbocycles. The fourth-order valence-electron chi connectivity index (χ4n) is 1.62. The standard InChI is InChI=1S/C10H21NO2/c1-10(2)4-5-11(6-7-13-3)8-9(10)12/h9,12H,4-8H2,1-3H3. The normalized spacial score (nSPS) is 29.1. The molecule has 1 unspecified atom stereocenters. The van der Waals surface area contributed by atoms with Crippen molar-refractivity contribution in [3.8, 4) is 0 Å². The van der Waals surface area contributed by atoms with E-state index in [2.05, 4.69) is 18.7 Å². The molecule has 1 N–H and O–H groups in total. The van der Waals surface area contributed by atoms with E-state index in [4.69, 9.17) is 4.74 Å². The zero-order valence-corrected chi connectivity index (χ0v) is 8.92. The fourth-order valence-corrected chi connectivity index (χ4v) is 1.62. The van der Waals surface area contributed by atoms with Gasteiger partial charge in [-0.2, -0.15) is 0 Å².